The van der Waals surface area contributed by atoms with Crippen LogP contribution in [0.3, 0.4) is 0 Å². The van der Waals surface area contributed by atoms with E-state index in [0.29, 0.717) is 24.2 Å². The Balaban J connectivity index is 1.60. The van der Waals surface area contributed by atoms with Crippen LogP contribution in [0, 0.1) is 24.6 Å². The molecule has 0 amide bonds. The minimum Gasteiger partial charge on any atom is -0.497 e. The van der Waals surface area contributed by atoms with Crippen LogP contribution in [0.1, 0.15) is 31.4 Å². The van der Waals surface area contributed by atoms with Gasteiger partial charge >= 0.3 is 5.97 Å². The Morgan fingerprint density at radius 3 is 2.47 bits per heavy atom. The van der Waals surface area contributed by atoms with E-state index in [1.165, 1.54) is 13.2 Å². The van der Waals surface area contributed by atoms with Crippen molar-refractivity contribution in [1.82, 2.24) is 9.78 Å². The standard InChI is InChI=1S/C27H31FN2O4/c1-18-26(21-6-4-3-5-7-21)27(22-12-23(28)14-24(13-22)33-2)30(29-18)15-19-8-10-20(11-9-19)16-34-17-25(31)32/h3-7,12-14,19-20H,8-11,15-17H2,1-2H3,(H,31,32)/t19-,20-. The Hall–Kier alpha value is -3.19. The lowest BCUT2D eigenvalue weighted by molar-refractivity contribution is -0.142. The summed E-state index contributed by atoms with van der Waals surface area (Å²) in [5.74, 6) is 0.0232. The highest BCUT2D eigenvalue weighted by Gasteiger charge is 2.25. The van der Waals surface area contributed by atoms with Crippen LogP contribution in [0.5, 0.6) is 5.75 Å². The van der Waals surface area contributed by atoms with Crippen molar-refractivity contribution in [2.24, 2.45) is 11.8 Å². The van der Waals surface area contributed by atoms with E-state index < -0.39 is 5.97 Å². The van der Waals surface area contributed by atoms with Crippen LogP contribution in [-0.2, 0) is 16.1 Å². The van der Waals surface area contributed by atoms with E-state index in [-0.39, 0.29) is 12.4 Å². The SMILES string of the molecule is COc1cc(F)cc(-c2c(-c3ccccc3)c(C)nn2C[C@H]2CC[C@H](COCC(=O)O)CC2)c1. The summed E-state index contributed by atoms with van der Waals surface area (Å²) in [6, 6.07) is 14.9. The number of carboxylic acid groups (broad SMARTS) is 1. The fourth-order valence-corrected chi connectivity index (χ4v) is 4.91. The molecule has 0 saturated heterocycles. The maximum Gasteiger partial charge on any atom is 0.329 e. The highest BCUT2D eigenvalue weighted by atomic mass is 19.1. The summed E-state index contributed by atoms with van der Waals surface area (Å²) in [6.45, 7) is 2.99. The smallest absolute Gasteiger partial charge is 0.329 e. The van der Waals surface area contributed by atoms with Crippen LogP contribution in [-0.4, -0.2) is 41.2 Å². The lowest BCUT2D eigenvalue weighted by Gasteiger charge is -2.28. The van der Waals surface area contributed by atoms with Crippen molar-refractivity contribution in [3.8, 4) is 28.1 Å². The number of carbonyl (C=O) groups is 1. The number of hydrogen-bond donors (Lipinski definition) is 1. The number of halogens is 1. The average molecular weight is 467 g/mol. The largest absolute Gasteiger partial charge is 0.497 e. The minimum atomic E-state index is -0.932. The van der Waals surface area contributed by atoms with Crippen molar-refractivity contribution in [3.63, 3.8) is 0 Å². The molecule has 1 heterocycles. The first-order valence-corrected chi connectivity index (χ1v) is 11.7. The molecule has 1 aliphatic rings. The number of carboxylic acids is 1. The first-order valence-electron chi connectivity index (χ1n) is 11.7. The van der Waals surface area contributed by atoms with Crippen molar-refractivity contribution < 1.29 is 23.8 Å². The van der Waals surface area contributed by atoms with Crippen molar-refractivity contribution in [2.45, 2.75) is 39.2 Å². The van der Waals surface area contributed by atoms with Crippen molar-refractivity contribution >= 4 is 5.97 Å². The normalized spacial score (nSPS) is 18.1. The monoisotopic (exact) mass is 466 g/mol. The molecule has 0 radical (unpaired) electrons. The fraction of sp³-hybridized carbons (Fsp3) is 0.407. The molecule has 0 atom stereocenters. The molecule has 4 rings (SSSR count). The molecule has 2 aromatic carbocycles. The molecule has 1 aromatic heterocycles. The molecular formula is C27H31FN2O4. The molecule has 34 heavy (non-hydrogen) atoms. The second kappa shape index (κ2) is 10.8. The summed E-state index contributed by atoms with van der Waals surface area (Å²) < 4.78 is 27.1. The van der Waals surface area contributed by atoms with Gasteiger partial charge in [-0.05, 0) is 62.1 Å². The molecule has 7 heteroatoms. The van der Waals surface area contributed by atoms with Crippen LogP contribution in [0.15, 0.2) is 48.5 Å². The second-order valence-corrected chi connectivity index (χ2v) is 9.03. The molecule has 6 nitrogen and oxygen atoms in total. The van der Waals surface area contributed by atoms with Gasteiger partial charge in [-0.2, -0.15) is 5.10 Å². The average Bonchev–Trinajstić information content (AvgIpc) is 3.15. The van der Waals surface area contributed by atoms with E-state index >= 15 is 0 Å². The van der Waals surface area contributed by atoms with Gasteiger partial charge in [-0.3, -0.25) is 4.68 Å². The molecule has 0 bridgehead atoms. The lowest BCUT2D eigenvalue weighted by atomic mass is 9.82. The van der Waals surface area contributed by atoms with Crippen molar-refractivity contribution in [2.75, 3.05) is 20.3 Å². The van der Waals surface area contributed by atoms with Crippen LogP contribution < -0.4 is 4.74 Å². The van der Waals surface area contributed by atoms with Gasteiger partial charge < -0.3 is 14.6 Å². The summed E-state index contributed by atoms with van der Waals surface area (Å²) >= 11 is 0. The van der Waals surface area contributed by atoms with Crippen LogP contribution in [0.25, 0.3) is 22.4 Å². The molecule has 0 aliphatic heterocycles. The number of benzene rings is 2. The van der Waals surface area contributed by atoms with Gasteiger partial charge in [0.15, 0.2) is 0 Å². The number of rotatable bonds is 9. The number of nitrogens with zero attached hydrogens (tertiary/aromatic N) is 2. The number of ether oxygens (including phenoxy) is 2. The van der Waals surface area contributed by atoms with E-state index in [4.69, 9.17) is 19.7 Å². The van der Waals surface area contributed by atoms with Crippen LogP contribution in [0.4, 0.5) is 4.39 Å². The number of aromatic nitrogens is 2. The van der Waals surface area contributed by atoms with E-state index in [2.05, 4.69) is 12.1 Å². The maximum atomic E-state index is 14.5. The number of aryl methyl sites for hydroxylation is 1. The number of methoxy groups -OCH3 is 1. The zero-order chi connectivity index (χ0) is 24.1. The Morgan fingerprint density at radius 1 is 1.09 bits per heavy atom. The third-order valence-corrected chi connectivity index (χ3v) is 6.55. The third kappa shape index (κ3) is 5.65. The number of hydrogen-bond acceptors (Lipinski definition) is 4. The van der Waals surface area contributed by atoms with E-state index in [1.54, 1.807) is 6.07 Å². The van der Waals surface area contributed by atoms with Crippen molar-refractivity contribution in [3.05, 3.63) is 60.0 Å². The molecule has 1 saturated carbocycles. The van der Waals surface area contributed by atoms with E-state index in [1.807, 2.05) is 35.9 Å². The van der Waals surface area contributed by atoms with Gasteiger partial charge in [0.05, 0.1) is 25.1 Å². The predicted octanol–water partition coefficient (Wildman–Crippen LogP) is 5.58. The van der Waals surface area contributed by atoms with Crippen LogP contribution >= 0.6 is 0 Å². The highest BCUT2D eigenvalue weighted by Crippen LogP contribution is 2.38. The summed E-state index contributed by atoms with van der Waals surface area (Å²) in [4.78, 5) is 10.7. The Bertz CT molecular complexity index is 1120. The number of aliphatic carboxylic acids is 1. The first kappa shape index (κ1) is 24.0. The van der Waals surface area contributed by atoms with Gasteiger partial charge in [0.1, 0.15) is 18.2 Å². The Morgan fingerprint density at radius 2 is 1.79 bits per heavy atom. The van der Waals surface area contributed by atoms with Gasteiger partial charge in [0, 0.05) is 23.7 Å². The van der Waals surface area contributed by atoms with Gasteiger partial charge in [-0.1, -0.05) is 30.3 Å². The minimum absolute atomic E-state index is 0.241. The van der Waals surface area contributed by atoms with E-state index in [0.717, 1.165) is 60.3 Å². The third-order valence-electron chi connectivity index (χ3n) is 6.55. The topological polar surface area (TPSA) is 73.6 Å². The fourth-order valence-electron chi connectivity index (χ4n) is 4.91. The summed E-state index contributed by atoms with van der Waals surface area (Å²) in [5.41, 5.74) is 4.59. The molecular weight excluding hydrogens is 435 g/mol. The van der Waals surface area contributed by atoms with Crippen LogP contribution in [0.2, 0.25) is 0 Å². The Labute approximate surface area is 199 Å². The summed E-state index contributed by atoms with van der Waals surface area (Å²) in [6.07, 6.45) is 4.04. The van der Waals surface area contributed by atoms with Gasteiger partial charge in [0.2, 0.25) is 0 Å². The quantitative estimate of drug-likeness (QED) is 0.446. The maximum absolute atomic E-state index is 14.5. The lowest BCUT2D eigenvalue weighted by Crippen LogP contribution is -2.23. The first-order chi connectivity index (χ1) is 16.4. The molecule has 1 N–H and O–H groups in total. The molecule has 0 unspecified atom stereocenters. The van der Waals surface area contributed by atoms with Gasteiger partial charge in [0.25, 0.3) is 0 Å². The second-order valence-electron chi connectivity index (χ2n) is 9.03. The zero-order valence-electron chi connectivity index (χ0n) is 19.7. The highest BCUT2D eigenvalue weighted by molar-refractivity contribution is 5.83. The predicted molar refractivity (Wildman–Crippen MR) is 128 cm³/mol. The molecule has 180 valence electrons. The molecule has 1 fully saturated rings. The van der Waals surface area contributed by atoms with E-state index in [9.17, 15) is 9.18 Å². The zero-order valence-corrected chi connectivity index (χ0v) is 19.7. The summed E-state index contributed by atoms with van der Waals surface area (Å²) in [5, 5.41) is 13.7. The summed E-state index contributed by atoms with van der Waals surface area (Å²) in [7, 11) is 1.54. The Kier molecular flexibility index (Phi) is 7.63. The molecule has 1 aliphatic carbocycles. The molecule has 3 aromatic rings. The van der Waals surface area contributed by atoms with Crippen molar-refractivity contribution in [1.29, 1.82) is 0 Å². The van der Waals surface area contributed by atoms with Gasteiger partial charge in [-0.25, -0.2) is 9.18 Å². The molecule has 0 spiro atoms. The van der Waals surface area contributed by atoms with Gasteiger partial charge in [-0.15, -0.1) is 0 Å².